The molecule has 0 spiro atoms. The standard InChI is InChI=1S/C22H21NO6S/c24-21(25)18-9-11-20(12-10-18)30(28,29)23(14-16-5-2-1-3-6-16)15-17-7-4-8-19(13-17)22(26)27/h1-13,21,24-25H,14-15H2,(H,26,27). The summed E-state index contributed by atoms with van der Waals surface area (Å²) in [5.74, 6) is -1.09. The first-order valence-electron chi connectivity index (χ1n) is 9.10. The molecule has 0 bridgehead atoms. The van der Waals surface area contributed by atoms with E-state index in [2.05, 4.69) is 0 Å². The summed E-state index contributed by atoms with van der Waals surface area (Å²) in [5.41, 5.74) is 1.57. The molecule has 3 N–H and O–H groups in total. The zero-order valence-corrected chi connectivity index (χ0v) is 16.7. The zero-order chi connectivity index (χ0) is 21.7. The molecule has 0 heterocycles. The second-order valence-corrected chi connectivity index (χ2v) is 8.64. The maximum absolute atomic E-state index is 13.3. The highest BCUT2D eigenvalue weighted by molar-refractivity contribution is 7.89. The molecule has 0 aromatic heterocycles. The minimum absolute atomic E-state index is 0.00257. The van der Waals surface area contributed by atoms with Gasteiger partial charge in [-0.15, -0.1) is 0 Å². The van der Waals surface area contributed by atoms with E-state index in [9.17, 15) is 28.5 Å². The highest BCUT2D eigenvalue weighted by atomic mass is 32.2. The van der Waals surface area contributed by atoms with Crippen molar-refractivity contribution in [1.82, 2.24) is 4.31 Å². The van der Waals surface area contributed by atoms with Crippen LogP contribution in [0.15, 0.2) is 83.8 Å². The van der Waals surface area contributed by atoms with Gasteiger partial charge in [0.25, 0.3) is 0 Å². The Morgan fingerprint density at radius 1 is 0.833 bits per heavy atom. The summed E-state index contributed by atoms with van der Waals surface area (Å²) in [4.78, 5) is 11.3. The molecule has 0 radical (unpaired) electrons. The number of aromatic carboxylic acids is 1. The molecule has 3 rings (SSSR count). The van der Waals surface area contributed by atoms with Gasteiger partial charge in [0.1, 0.15) is 0 Å². The highest BCUT2D eigenvalue weighted by Crippen LogP contribution is 2.23. The number of aliphatic hydroxyl groups is 2. The summed E-state index contributed by atoms with van der Waals surface area (Å²) in [6.07, 6.45) is -1.69. The molecule has 0 saturated carbocycles. The number of benzene rings is 3. The first-order valence-corrected chi connectivity index (χ1v) is 10.5. The van der Waals surface area contributed by atoms with Gasteiger partial charge in [-0.1, -0.05) is 54.6 Å². The first-order chi connectivity index (χ1) is 14.3. The molecule has 0 fully saturated rings. The Labute approximate surface area is 174 Å². The van der Waals surface area contributed by atoms with Crippen molar-refractivity contribution in [3.05, 3.63) is 101 Å². The first kappa shape index (κ1) is 21.7. The molecule has 3 aromatic carbocycles. The van der Waals surface area contributed by atoms with E-state index in [1.165, 1.54) is 40.7 Å². The lowest BCUT2D eigenvalue weighted by molar-refractivity contribution is -0.0425. The van der Waals surface area contributed by atoms with Crippen molar-refractivity contribution < 1.29 is 28.5 Å². The number of hydrogen-bond acceptors (Lipinski definition) is 5. The Morgan fingerprint density at radius 3 is 2.03 bits per heavy atom. The average Bonchev–Trinajstić information content (AvgIpc) is 2.74. The van der Waals surface area contributed by atoms with Gasteiger partial charge < -0.3 is 15.3 Å². The van der Waals surface area contributed by atoms with Gasteiger partial charge in [-0.25, -0.2) is 13.2 Å². The molecule has 3 aromatic rings. The van der Waals surface area contributed by atoms with Crippen molar-refractivity contribution >= 4 is 16.0 Å². The van der Waals surface area contributed by atoms with E-state index in [1.54, 1.807) is 24.3 Å². The number of rotatable bonds is 8. The normalized spacial score (nSPS) is 11.7. The highest BCUT2D eigenvalue weighted by Gasteiger charge is 2.25. The maximum atomic E-state index is 13.3. The summed E-state index contributed by atoms with van der Waals surface area (Å²) >= 11 is 0. The topological polar surface area (TPSA) is 115 Å². The largest absolute Gasteiger partial charge is 0.478 e. The molecule has 0 atom stereocenters. The van der Waals surface area contributed by atoms with Crippen molar-refractivity contribution in [3.63, 3.8) is 0 Å². The Hall–Kier alpha value is -3.04. The molecular formula is C22H21NO6S. The van der Waals surface area contributed by atoms with Crippen LogP contribution in [0.25, 0.3) is 0 Å². The van der Waals surface area contributed by atoms with Crippen molar-refractivity contribution in [2.24, 2.45) is 0 Å². The van der Waals surface area contributed by atoms with Crippen molar-refractivity contribution in [1.29, 1.82) is 0 Å². The predicted octanol–water partition coefficient (Wildman–Crippen LogP) is 2.76. The third-order valence-electron chi connectivity index (χ3n) is 4.55. The van der Waals surface area contributed by atoms with Crippen LogP contribution in [0.4, 0.5) is 0 Å². The monoisotopic (exact) mass is 427 g/mol. The second-order valence-electron chi connectivity index (χ2n) is 6.71. The number of nitrogens with zero attached hydrogens (tertiary/aromatic N) is 1. The van der Waals surface area contributed by atoms with Crippen LogP contribution in [0.5, 0.6) is 0 Å². The van der Waals surface area contributed by atoms with E-state index in [0.717, 1.165) is 5.56 Å². The Bertz CT molecular complexity index is 1110. The minimum Gasteiger partial charge on any atom is -0.478 e. The number of carboxylic acids is 1. The van der Waals surface area contributed by atoms with Gasteiger partial charge in [0.2, 0.25) is 10.0 Å². The SMILES string of the molecule is O=C(O)c1cccc(CN(Cc2ccccc2)S(=O)(=O)c2ccc(C(O)O)cc2)c1. The molecule has 0 saturated heterocycles. The number of sulfonamides is 1. The molecule has 0 aliphatic rings. The van der Waals surface area contributed by atoms with Gasteiger partial charge in [0.05, 0.1) is 10.5 Å². The Balaban J connectivity index is 1.97. The molecule has 8 heteroatoms. The lowest BCUT2D eigenvalue weighted by atomic mass is 10.1. The zero-order valence-electron chi connectivity index (χ0n) is 15.9. The van der Waals surface area contributed by atoms with Crippen molar-refractivity contribution in [2.45, 2.75) is 24.3 Å². The van der Waals surface area contributed by atoms with E-state index in [1.807, 2.05) is 18.2 Å². The van der Waals surface area contributed by atoms with Gasteiger partial charge in [-0.2, -0.15) is 4.31 Å². The molecular weight excluding hydrogens is 406 g/mol. The van der Waals surface area contributed by atoms with Crippen LogP contribution < -0.4 is 0 Å². The van der Waals surface area contributed by atoms with Crippen LogP contribution >= 0.6 is 0 Å². The summed E-state index contributed by atoms with van der Waals surface area (Å²) in [6.45, 7) is 0.0631. The van der Waals surface area contributed by atoms with E-state index >= 15 is 0 Å². The van der Waals surface area contributed by atoms with Crippen LogP contribution in [0.3, 0.4) is 0 Å². The summed E-state index contributed by atoms with van der Waals surface area (Å²) < 4.78 is 27.9. The fourth-order valence-electron chi connectivity index (χ4n) is 2.98. The fraction of sp³-hybridized carbons (Fsp3) is 0.136. The Kier molecular flexibility index (Phi) is 6.63. The average molecular weight is 427 g/mol. The molecule has 0 aliphatic heterocycles. The third kappa shape index (κ3) is 5.11. The maximum Gasteiger partial charge on any atom is 0.335 e. The van der Waals surface area contributed by atoms with E-state index in [4.69, 9.17) is 0 Å². The number of hydrogen-bond donors (Lipinski definition) is 3. The van der Waals surface area contributed by atoms with Crippen LogP contribution in [0.1, 0.15) is 33.3 Å². The third-order valence-corrected chi connectivity index (χ3v) is 6.36. The van der Waals surface area contributed by atoms with E-state index in [0.29, 0.717) is 5.56 Å². The fourth-order valence-corrected chi connectivity index (χ4v) is 4.40. The van der Waals surface area contributed by atoms with Crippen molar-refractivity contribution in [3.8, 4) is 0 Å². The quantitative estimate of drug-likeness (QED) is 0.476. The molecule has 0 amide bonds. The summed E-state index contributed by atoms with van der Waals surface area (Å²) in [7, 11) is -3.95. The van der Waals surface area contributed by atoms with E-state index < -0.39 is 22.3 Å². The smallest absolute Gasteiger partial charge is 0.335 e. The van der Waals surface area contributed by atoms with Crippen LogP contribution in [-0.4, -0.2) is 34.0 Å². The van der Waals surface area contributed by atoms with Crippen molar-refractivity contribution in [2.75, 3.05) is 0 Å². The Morgan fingerprint density at radius 2 is 1.43 bits per heavy atom. The van der Waals surface area contributed by atoms with Crippen LogP contribution in [0, 0.1) is 0 Å². The van der Waals surface area contributed by atoms with Crippen LogP contribution in [-0.2, 0) is 23.1 Å². The van der Waals surface area contributed by atoms with Gasteiger partial charge in [-0.3, -0.25) is 0 Å². The number of aliphatic hydroxyl groups excluding tert-OH is 1. The number of carboxylic acid groups (broad SMARTS) is 1. The van der Waals surface area contributed by atoms with E-state index in [-0.39, 0.29) is 29.1 Å². The molecule has 30 heavy (non-hydrogen) atoms. The summed E-state index contributed by atoms with van der Waals surface area (Å²) in [6, 6.07) is 20.5. The lowest BCUT2D eigenvalue weighted by Gasteiger charge is -2.23. The number of carbonyl (C=O) groups is 1. The second kappa shape index (κ2) is 9.19. The van der Waals surface area contributed by atoms with Crippen LogP contribution in [0.2, 0.25) is 0 Å². The van der Waals surface area contributed by atoms with Gasteiger partial charge in [-0.05, 0) is 35.4 Å². The lowest BCUT2D eigenvalue weighted by Crippen LogP contribution is -2.30. The van der Waals surface area contributed by atoms with Gasteiger partial charge >= 0.3 is 5.97 Å². The predicted molar refractivity (Wildman–Crippen MR) is 110 cm³/mol. The molecule has 7 nitrogen and oxygen atoms in total. The van der Waals surface area contributed by atoms with Gasteiger partial charge in [0.15, 0.2) is 6.29 Å². The summed E-state index contributed by atoms with van der Waals surface area (Å²) in [5, 5.41) is 27.7. The van der Waals surface area contributed by atoms with Gasteiger partial charge in [0, 0.05) is 18.7 Å². The minimum atomic E-state index is -3.95. The molecule has 0 unspecified atom stereocenters. The molecule has 156 valence electrons. The molecule has 0 aliphatic carbocycles.